The topological polar surface area (TPSA) is 139 Å². The average Bonchev–Trinajstić information content (AvgIpc) is 3.50. The Kier molecular flexibility index (Phi) is 7.78. The van der Waals surface area contributed by atoms with Gasteiger partial charge >= 0.3 is 0 Å². The standard InChI is InChI=1S/C28H20BrFN4O6S/c1-38-18-4-2-17(3-5-18)16-34(26-10-12-40-33-26)41(36,37)25-8-7-23-19(6-9-27(35)32-23)28(25)20-14-22(30)21(29)15-24(20)39-13-11-31/h2-10,12,14-15H,13,16H2,1H3,(H,32,35). The molecule has 0 radical (unpaired) electrons. The largest absolute Gasteiger partial charge is 0.497 e. The summed E-state index contributed by atoms with van der Waals surface area (Å²) in [5.41, 5.74) is 0.634. The fourth-order valence-electron chi connectivity index (χ4n) is 4.30. The number of hydrogen-bond acceptors (Lipinski definition) is 8. The predicted octanol–water partition coefficient (Wildman–Crippen LogP) is 5.39. The van der Waals surface area contributed by atoms with Crippen molar-refractivity contribution in [3.63, 3.8) is 0 Å². The van der Waals surface area contributed by atoms with E-state index in [1.165, 1.54) is 49.8 Å². The fourth-order valence-corrected chi connectivity index (χ4v) is 6.24. The molecule has 0 atom stereocenters. The molecule has 0 aliphatic rings. The van der Waals surface area contributed by atoms with Crippen molar-refractivity contribution in [3.05, 3.63) is 99.2 Å². The zero-order chi connectivity index (χ0) is 29.1. The number of aromatic amines is 1. The smallest absolute Gasteiger partial charge is 0.266 e. The molecule has 0 spiro atoms. The Morgan fingerprint density at radius 3 is 2.59 bits per heavy atom. The summed E-state index contributed by atoms with van der Waals surface area (Å²) in [4.78, 5) is 14.5. The molecular weight excluding hydrogens is 619 g/mol. The van der Waals surface area contributed by atoms with Crippen molar-refractivity contribution in [2.75, 3.05) is 18.0 Å². The van der Waals surface area contributed by atoms with Gasteiger partial charge in [-0.25, -0.2) is 17.1 Å². The lowest BCUT2D eigenvalue weighted by Crippen LogP contribution is -2.31. The highest BCUT2D eigenvalue weighted by Gasteiger charge is 2.32. The Hall–Kier alpha value is -4.67. The van der Waals surface area contributed by atoms with E-state index in [0.29, 0.717) is 22.2 Å². The summed E-state index contributed by atoms with van der Waals surface area (Å²) >= 11 is 3.12. The number of anilines is 1. The normalized spacial score (nSPS) is 11.3. The van der Waals surface area contributed by atoms with Gasteiger partial charge in [0.15, 0.2) is 12.4 Å². The first kappa shape index (κ1) is 27.9. The van der Waals surface area contributed by atoms with Gasteiger partial charge in [-0.2, -0.15) is 5.26 Å². The molecule has 0 fully saturated rings. The van der Waals surface area contributed by atoms with E-state index in [0.717, 1.165) is 10.4 Å². The number of ether oxygens (including phenoxy) is 2. The zero-order valence-electron chi connectivity index (χ0n) is 21.3. The lowest BCUT2D eigenvalue weighted by atomic mass is 9.99. The number of H-pyrrole nitrogens is 1. The highest BCUT2D eigenvalue weighted by molar-refractivity contribution is 9.10. The van der Waals surface area contributed by atoms with Crippen molar-refractivity contribution < 1.29 is 26.8 Å². The molecule has 0 amide bonds. The summed E-state index contributed by atoms with van der Waals surface area (Å²) in [5.74, 6) is -0.0346. The molecule has 2 heterocycles. The van der Waals surface area contributed by atoms with Gasteiger partial charge in [0.25, 0.3) is 10.0 Å². The number of pyridine rings is 1. The molecule has 41 heavy (non-hydrogen) atoms. The van der Waals surface area contributed by atoms with E-state index in [2.05, 4.69) is 26.1 Å². The van der Waals surface area contributed by atoms with Crippen LogP contribution in [0.25, 0.3) is 22.0 Å². The number of benzene rings is 3. The summed E-state index contributed by atoms with van der Waals surface area (Å²) in [6.45, 7) is -0.508. The van der Waals surface area contributed by atoms with Crippen LogP contribution in [0.1, 0.15) is 5.56 Å². The van der Waals surface area contributed by atoms with Gasteiger partial charge in [-0.3, -0.25) is 4.79 Å². The SMILES string of the molecule is COc1ccc(CN(c2ccon2)S(=O)(=O)c2ccc3[nH]c(=O)ccc3c2-c2cc(F)c(Br)cc2OCC#N)cc1. The zero-order valence-corrected chi connectivity index (χ0v) is 23.7. The first-order valence-corrected chi connectivity index (χ1v) is 14.2. The van der Waals surface area contributed by atoms with Gasteiger partial charge in [0.1, 0.15) is 29.6 Å². The minimum Gasteiger partial charge on any atom is -0.497 e. The van der Waals surface area contributed by atoms with Crippen LogP contribution in [-0.2, 0) is 16.6 Å². The Balaban J connectivity index is 1.78. The molecule has 0 unspecified atom stereocenters. The van der Waals surface area contributed by atoms with Crippen LogP contribution in [0.2, 0.25) is 0 Å². The third-order valence-corrected chi connectivity index (χ3v) is 8.58. The molecule has 3 aromatic carbocycles. The third kappa shape index (κ3) is 5.52. The van der Waals surface area contributed by atoms with Gasteiger partial charge < -0.3 is 19.0 Å². The van der Waals surface area contributed by atoms with E-state index < -0.39 is 21.4 Å². The first-order valence-electron chi connectivity index (χ1n) is 11.9. The van der Waals surface area contributed by atoms with Gasteiger partial charge in [0, 0.05) is 34.2 Å². The minimum absolute atomic E-state index is 0.0104. The maximum Gasteiger partial charge on any atom is 0.266 e. The number of rotatable bonds is 9. The number of nitrogens with zero attached hydrogens (tertiary/aromatic N) is 3. The molecule has 10 nitrogen and oxygen atoms in total. The van der Waals surface area contributed by atoms with Crippen LogP contribution in [0, 0.1) is 17.1 Å². The van der Waals surface area contributed by atoms with E-state index in [9.17, 15) is 17.6 Å². The molecule has 0 bridgehead atoms. The fraction of sp³-hybridized carbons (Fsp3) is 0.107. The summed E-state index contributed by atoms with van der Waals surface area (Å²) in [5, 5.41) is 13.3. The molecule has 0 aliphatic heterocycles. The first-order chi connectivity index (χ1) is 19.7. The molecule has 13 heteroatoms. The van der Waals surface area contributed by atoms with E-state index in [-0.39, 0.29) is 45.2 Å². The van der Waals surface area contributed by atoms with Gasteiger partial charge in [0.05, 0.1) is 23.0 Å². The van der Waals surface area contributed by atoms with Crippen LogP contribution >= 0.6 is 15.9 Å². The Labute approximate surface area is 241 Å². The van der Waals surface area contributed by atoms with Gasteiger partial charge in [-0.1, -0.05) is 17.3 Å². The van der Waals surface area contributed by atoms with Crippen LogP contribution in [0.3, 0.4) is 0 Å². The van der Waals surface area contributed by atoms with Gasteiger partial charge in [-0.05, 0) is 64.0 Å². The number of aromatic nitrogens is 2. The summed E-state index contributed by atoms with van der Waals surface area (Å²) in [6, 6.07) is 18.0. The third-order valence-electron chi connectivity index (χ3n) is 6.18. The molecule has 2 aromatic heterocycles. The molecule has 208 valence electrons. The Morgan fingerprint density at radius 2 is 1.90 bits per heavy atom. The van der Waals surface area contributed by atoms with Gasteiger partial charge in [-0.15, -0.1) is 0 Å². The van der Waals surface area contributed by atoms with Crippen molar-refractivity contribution in [1.29, 1.82) is 5.26 Å². The monoisotopic (exact) mass is 638 g/mol. The minimum atomic E-state index is -4.45. The molecule has 5 aromatic rings. The number of nitriles is 1. The average molecular weight is 639 g/mol. The number of halogens is 2. The molecule has 5 rings (SSSR count). The second-order valence-electron chi connectivity index (χ2n) is 8.65. The number of hydrogen-bond donors (Lipinski definition) is 1. The predicted molar refractivity (Wildman–Crippen MR) is 152 cm³/mol. The molecule has 1 N–H and O–H groups in total. The van der Waals surface area contributed by atoms with Crippen LogP contribution in [0.5, 0.6) is 11.5 Å². The lowest BCUT2D eigenvalue weighted by Gasteiger charge is -2.24. The number of fused-ring (bicyclic) bond motifs is 1. The van der Waals surface area contributed by atoms with Crippen molar-refractivity contribution >= 4 is 42.7 Å². The van der Waals surface area contributed by atoms with E-state index >= 15 is 0 Å². The van der Waals surface area contributed by atoms with E-state index in [1.807, 2.05) is 6.07 Å². The van der Waals surface area contributed by atoms with Crippen LogP contribution < -0.4 is 19.3 Å². The quantitative estimate of drug-likeness (QED) is 0.227. The van der Waals surface area contributed by atoms with Crippen LogP contribution in [0.15, 0.2) is 91.7 Å². The Bertz CT molecular complexity index is 1940. The van der Waals surface area contributed by atoms with Crippen molar-refractivity contribution in [2.45, 2.75) is 11.4 Å². The Morgan fingerprint density at radius 1 is 1.12 bits per heavy atom. The summed E-state index contributed by atoms with van der Waals surface area (Å²) in [6.07, 6.45) is 1.25. The maximum atomic E-state index is 15.0. The second kappa shape index (κ2) is 11.4. The van der Waals surface area contributed by atoms with Crippen molar-refractivity contribution in [3.8, 4) is 28.7 Å². The van der Waals surface area contributed by atoms with Crippen LogP contribution in [-0.4, -0.2) is 32.3 Å². The van der Waals surface area contributed by atoms with Crippen molar-refractivity contribution in [1.82, 2.24) is 10.1 Å². The molecule has 0 saturated carbocycles. The second-order valence-corrected chi connectivity index (χ2v) is 11.3. The molecule has 0 saturated heterocycles. The molecular formula is C28H20BrFN4O6S. The summed E-state index contributed by atoms with van der Waals surface area (Å²) < 4.78 is 60.8. The summed E-state index contributed by atoms with van der Waals surface area (Å²) in [7, 11) is -2.92. The van der Waals surface area contributed by atoms with Crippen LogP contribution in [0.4, 0.5) is 10.2 Å². The lowest BCUT2D eigenvalue weighted by molar-refractivity contribution is 0.368. The highest BCUT2D eigenvalue weighted by Crippen LogP contribution is 2.42. The number of nitrogens with one attached hydrogen (secondary N) is 1. The maximum absolute atomic E-state index is 15.0. The molecule has 0 aliphatic carbocycles. The number of sulfonamides is 1. The van der Waals surface area contributed by atoms with E-state index in [1.54, 1.807) is 24.3 Å². The van der Waals surface area contributed by atoms with Gasteiger partial charge in [0.2, 0.25) is 5.56 Å². The number of methoxy groups -OCH3 is 1. The highest BCUT2D eigenvalue weighted by atomic mass is 79.9. The van der Waals surface area contributed by atoms with Crippen molar-refractivity contribution in [2.24, 2.45) is 0 Å². The van der Waals surface area contributed by atoms with E-state index in [4.69, 9.17) is 19.3 Å².